The summed E-state index contributed by atoms with van der Waals surface area (Å²) in [5.41, 5.74) is -2.18. The maximum atomic E-state index is 13.4. The Hall–Kier alpha value is -0.260. The summed E-state index contributed by atoms with van der Waals surface area (Å²) < 4.78 is 0. The second kappa shape index (κ2) is 5.87. The normalized spacial score (nSPS) is 56.5. The third-order valence-corrected chi connectivity index (χ3v) is 10.1. The minimum atomic E-state index is -1.46. The zero-order valence-electron chi connectivity index (χ0n) is 16.0. The molecule has 4 saturated carbocycles. The van der Waals surface area contributed by atoms with Crippen molar-refractivity contribution in [2.75, 3.05) is 0 Å². The monoisotopic (exact) mass is 426 g/mol. The fourth-order valence-electron chi connectivity index (χ4n) is 7.65. The number of hydrogen-bond acceptors (Lipinski definition) is 4. The van der Waals surface area contributed by atoms with Crippen LogP contribution in [0.2, 0.25) is 0 Å². The summed E-state index contributed by atoms with van der Waals surface area (Å²) in [6.45, 7) is 5.69. The van der Waals surface area contributed by atoms with Crippen LogP contribution in [0.25, 0.3) is 0 Å². The summed E-state index contributed by atoms with van der Waals surface area (Å²) in [5.74, 6) is 0.865. The summed E-state index contributed by atoms with van der Waals surface area (Å²) in [4.78, 5) is 25.6. The molecule has 5 heteroatoms. The molecule has 0 radical (unpaired) electrons. The molecule has 4 nitrogen and oxygen atoms in total. The number of rotatable bonds is 1. The van der Waals surface area contributed by atoms with E-state index in [1.165, 1.54) is 6.92 Å². The van der Waals surface area contributed by atoms with Gasteiger partial charge in [0.25, 0.3) is 0 Å². The number of fused-ring (bicyclic) bond motifs is 5. The van der Waals surface area contributed by atoms with Crippen LogP contribution in [0.15, 0.2) is 0 Å². The van der Waals surface area contributed by atoms with Crippen LogP contribution in [0, 0.1) is 34.5 Å². The summed E-state index contributed by atoms with van der Waals surface area (Å²) in [5, 5.41) is 21.5. The van der Waals surface area contributed by atoms with Crippen molar-refractivity contribution >= 4 is 27.5 Å². The van der Waals surface area contributed by atoms with Crippen LogP contribution in [0.3, 0.4) is 0 Å². The van der Waals surface area contributed by atoms with Crippen molar-refractivity contribution in [1.82, 2.24) is 0 Å². The zero-order chi connectivity index (χ0) is 19.1. The van der Waals surface area contributed by atoms with Crippen LogP contribution in [-0.4, -0.2) is 38.3 Å². The molecule has 0 saturated heterocycles. The van der Waals surface area contributed by atoms with E-state index >= 15 is 0 Å². The van der Waals surface area contributed by atoms with E-state index in [2.05, 4.69) is 22.9 Å². The quantitative estimate of drug-likeness (QED) is 0.630. The lowest BCUT2D eigenvalue weighted by molar-refractivity contribution is -0.177. The Balaban J connectivity index is 1.74. The van der Waals surface area contributed by atoms with E-state index in [0.29, 0.717) is 12.3 Å². The van der Waals surface area contributed by atoms with E-state index in [0.717, 1.165) is 38.5 Å². The van der Waals surface area contributed by atoms with Crippen molar-refractivity contribution in [2.24, 2.45) is 34.5 Å². The Morgan fingerprint density at radius 2 is 1.88 bits per heavy atom. The zero-order valence-corrected chi connectivity index (χ0v) is 17.6. The minimum Gasteiger partial charge on any atom is -0.393 e. The van der Waals surface area contributed by atoms with Gasteiger partial charge in [0.05, 0.1) is 10.9 Å². The van der Waals surface area contributed by atoms with Crippen LogP contribution < -0.4 is 0 Å². The molecule has 0 aliphatic heterocycles. The predicted molar refractivity (Wildman–Crippen MR) is 102 cm³/mol. The summed E-state index contributed by atoms with van der Waals surface area (Å²) in [6.07, 6.45) is 5.33. The molecule has 0 spiro atoms. The highest BCUT2D eigenvalue weighted by atomic mass is 79.9. The lowest BCUT2D eigenvalue weighted by atomic mass is 9.44. The highest BCUT2D eigenvalue weighted by Crippen LogP contribution is 2.68. The molecule has 0 unspecified atom stereocenters. The predicted octanol–water partition coefficient (Wildman–Crippen LogP) is 3.26. The van der Waals surface area contributed by atoms with Gasteiger partial charge >= 0.3 is 0 Å². The van der Waals surface area contributed by atoms with Gasteiger partial charge in [-0.1, -0.05) is 29.8 Å². The van der Waals surface area contributed by atoms with Gasteiger partial charge in [-0.05, 0) is 68.6 Å². The van der Waals surface area contributed by atoms with Gasteiger partial charge in [0.2, 0.25) is 0 Å². The molecule has 4 fully saturated rings. The molecule has 26 heavy (non-hydrogen) atoms. The van der Waals surface area contributed by atoms with E-state index < -0.39 is 11.0 Å². The van der Waals surface area contributed by atoms with Crippen molar-refractivity contribution in [3.8, 4) is 0 Å². The van der Waals surface area contributed by atoms with Gasteiger partial charge in [0, 0.05) is 17.8 Å². The van der Waals surface area contributed by atoms with Crippen molar-refractivity contribution in [3.05, 3.63) is 0 Å². The highest BCUT2D eigenvalue weighted by molar-refractivity contribution is 9.09. The topological polar surface area (TPSA) is 74.6 Å². The van der Waals surface area contributed by atoms with Gasteiger partial charge in [-0.2, -0.15) is 0 Å². The molecule has 0 amide bonds. The number of ketones is 2. The summed E-state index contributed by atoms with van der Waals surface area (Å²) in [7, 11) is 0. The molecule has 4 aliphatic carbocycles. The number of carbonyl (C=O) groups excluding carboxylic acids is 2. The van der Waals surface area contributed by atoms with Crippen molar-refractivity contribution in [1.29, 1.82) is 0 Å². The number of aliphatic hydroxyl groups is 2. The van der Waals surface area contributed by atoms with Crippen molar-refractivity contribution in [2.45, 2.75) is 82.2 Å². The van der Waals surface area contributed by atoms with Crippen LogP contribution in [-0.2, 0) is 9.59 Å². The molecule has 4 aliphatic rings. The molecule has 0 aromatic rings. The Bertz CT molecular complexity index is 650. The maximum absolute atomic E-state index is 13.4. The number of halogens is 1. The van der Waals surface area contributed by atoms with Crippen LogP contribution >= 0.6 is 15.9 Å². The number of hydrogen-bond donors (Lipinski definition) is 2. The van der Waals surface area contributed by atoms with Gasteiger partial charge in [0.1, 0.15) is 11.4 Å². The first-order valence-electron chi connectivity index (χ1n) is 10.1. The van der Waals surface area contributed by atoms with Crippen LogP contribution in [0.4, 0.5) is 0 Å². The molecule has 2 N–H and O–H groups in total. The molecule has 0 heterocycles. The minimum absolute atomic E-state index is 0.0147. The van der Waals surface area contributed by atoms with Gasteiger partial charge < -0.3 is 10.2 Å². The van der Waals surface area contributed by atoms with Crippen molar-refractivity contribution in [3.63, 3.8) is 0 Å². The molecule has 4 rings (SSSR count). The average Bonchev–Trinajstić information content (AvgIpc) is 2.76. The average molecular weight is 427 g/mol. The van der Waals surface area contributed by atoms with Crippen LogP contribution in [0.5, 0.6) is 0 Å². The second-order valence-electron chi connectivity index (χ2n) is 10.0. The van der Waals surface area contributed by atoms with Gasteiger partial charge in [-0.3, -0.25) is 9.59 Å². The van der Waals surface area contributed by atoms with Gasteiger partial charge in [0.15, 0.2) is 5.78 Å². The van der Waals surface area contributed by atoms with E-state index in [4.69, 9.17) is 0 Å². The third kappa shape index (κ3) is 2.20. The molecule has 0 aromatic carbocycles. The maximum Gasteiger partial charge on any atom is 0.163 e. The van der Waals surface area contributed by atoms with E-state index in [-0.39, 0.29) is 45.7 Å². The third-order valence-electron chi connectivity index (χ3n) is 9.04. The number of Topliss-reactive ketones (excluding diaryl/α,β-unsaturated/α-hetero) is 2. The fourth-order valence-corrected chi connectivity index (χ4v) is 8.89. The smallest absolute Gasteiger partial charge is 0.163 e. The summed E-state index contributed by atoms with van der Waals surface area (Å²) >= 11 is 3.60. The summed E-state index contributed by atoms with van der Waals surface area (Å²) in [6, 6.07) is 0. The molecule has 146 valence electrons. The molecular weight excluding hydrogens is 396 g/mol. The number of aliphatic hydroxyl groups excluding tert-OH is 1. The largest absolute Gasteiger partial charge is 0.393 e. The fraction of sp³-hybridized carbons (Fsp3) is 0.905. The Labute approximate surface area is 164 Å². The van der Waals surface area contributed by atoms with Gasteiger partial charge in [-0.15, -0.1) is 0 Å². The van der Waals surface area contributed by atoms with E-state index in [9.17, 15) is 19.8 Å². The lowest BCUT2D eigenvalue weighted by Crippen LogP contribution is -2.62. The molecule has 9 atom stereocenters. The standard InChI is InChI=1S/C21H31BrO4/c1-11(23)21(26)17(22)9-15-14-5-4-12-8-13(24)6-7-19(12,2)18(14)16(25)10-20(15,21)3/h12-15,17-18,24,26H,4-10H2,1-3H3/t12-,13-,14-,15-,17-,18+,19-,20-,21+/m0/s1. The van der Waals surface area contributed by atoms with Gasteiger partial charge in [-0.25, -0.2) is 0 Å². The first-order valence-corrected chi connectivity index (χ1v) is 11.1. The molecule has 0 bridgehead atoms. The van der Waals surface area contributed by atoms with E-state index in [1.54, 1.807) is 0 Å². The van der Waals surface area contributed by atoms with Crippen molar-refractivity contribution < 1.29 is 19.8 Å². The molecular formula is C21H31BrO4. The van der Waals surface area contributed by atoms with Crippen LogP contribution in [0.1, 0.15) is 65.7 Å². The first-order chi connectivity index (χ1) is 12.1. The number of alkyl halides is 1. The SMILES string of the molecule is CC(=O)[C@@]1(O)[C@@H](Br)C[C@H]2[C@@H]3CC[C@H]4C[C@@H](O)CC[C@]4(C)[C@H]3C(=O)C[C@@]21C. The number of carbonyl (C=O) groups is 2. The second-order valence-corrected chi connectivity index (χ2v) is 11.1. The highest BCUT2D eigenvalue weighted by Gasteiger charge is 2.71. The Morgan fingerprint density at radius 1 is 1.19 bits per heavy atom. The molecule has 0 aromatic heterocycles. The Morgan fingerprint density at radius 3 is 2.54 bits per heavy atom. The lowest BCUT2D eigenvalue weighted by Gasteiger charge is -2.60. The Kier molecular flexibility index (Phi) is 4.31. The first kappa shape index (κ1) is 19.1. The van der Waals surface area contributed by atoms with E-state index in [1.807, 2.05) is 6.92 Å².